The van der Waals surface area contributed by atoms with Gasteiger partial charge >= 0.3 is 0 Å². The molecule has 1 aliphatic heterocycles. The molecule has 10 heteroatoms. The van der Waals surface area contributed by atoms with Gasteiger partial charge < -0.3 is 14.5 Å². The maximum atomic E-state index is 15.0. The van der Waals surface area contributed by atoms with Gasteiger partial charge in [-0.3, -0.25) is 4.18 Å². The molecule has 1 saturated heterocycles. The van der Waals surface area contributed by atoms with Crippen LogP contribution in [0.25, 0.3) is 16.9 Å². The first-order valence-electron chi connectivity index (χ1n) is 9.40. The molecule has 0 unspecified atom stereocenters. The van der Waals surface area contributed by atoms with Crippen molar-refractivity contribution in [3.05, 3.63) is 53.4 Å². The van der Waals surface area contributed by atoms with Gasteiger partial charge in [-0.05, 0) is 36.8 Å². The third-order valence-electron chi connectivity index (χ3n) is 5.07. The lowest BCUT2D eigenvalue weighted by molar-refractivity contribution is 0.0286. The summed E-state index contributed by atoms with van der Waals surface area (Å²) in [6.45, 7) is 3.79. The summed E-state index contributed by atoms with van der Waals surface area (Å²) in [6, 6.07) is 5.18. The van der Waals surface area contributed by atoms with E-state index in [9.17, 15) is 17.2 Å². The van der Waals surface area contributed by atoms with Gasteiger partial charge in [-0.25, -0.2) is 13.8 Å². The van der Waals surface area contributed by atoms with E-state index in [-0.39, 0.29) is 17.4 Å². The first kappa shape index (κ1) is 20.9. The number of hydrogen-bond donors (Lipinski definition) is 1. The van der Waals surface area contributed by atoms with Gasteiger partial charge in [-0.15, -0.1) is 0 Å². The normalized spacial score (nSPS) is 17.5. The van der Waals surface area contributed by atoms with E-state index in [0.29, 0.717) is 30.9 Å². The summed E-state index contributed by atoms with van der Waals surface area (Å²) in [4.78, 5) is 3.88. The van der Waals surface area contributed by atoms with Crippen LogP contribution < -0.4 is 5.32 Å². The Balaban J connectivity index is 1.88. The van der Waals surface area contributed by atoms with Crippen LogP contribution in [0, 0.1) is 18.6 Å². The highest BCUT2D eigenvalue weighted by atomic mass is 32.2. The standard InChI is InChI=1S/C20H21F2N3O4S/c1-12-3-5-25-17(8-13-11-23-4-6-29-13)20(24-18(25)7-12)19-15(21)9-14(10-16(19)22)30(26,27)28-2/h3,5,7,9-10,13,23H,4,6,8,11H2,1-2H3/t13-/m0/s1. The molecule has 0 spiro atoms. The highest BCUT2D eigenvalue weighted by molar-refractivity contribution is 7.86. The highest BCUT2D eigenvalue weighted by Gasteiger charge is 2.27. The van der Waals surface area contributed by atoms with Crippen LogP contribution in [0.2, 0.25) is 0 Å². The zero-order chi connectivity index (χ0) is 21.5. The zero-order valence-corrected chi connectivity index (χ0v) is 17.3. The number of benzene rings is 1. The van der Waals surface area contributed by atoms with Crippen molar-refractivity contribution in [2.75, 3.05) is 26.8 Å². The van der Waals surface area contributed by atoms with Crippen molar-refractivity contribution < 1.29 is 26.1 Å². The van der Waals surface area contributed by atoms with E-state index >= 15 is 0 Å². The monoisotopic (exact) mass is 437 g/mol. The summed E-state index contributed by atoms with van der Waals surface area (Å²) in [5.74, 6) is -2.07. The molecule has 2 aromatic heterocycles. The molecule has 1 aliphatic rings. The summed E-state index contributed by atoms with van der Waals surface area (Å²) < 4.78 is 65.6. The molecule has 0 aliphatic carbocycles. The van der Waals surface area contributed by atoms with E-state index < -0.39 is 26.6 Å². The van der Waals surface area contributed by atoms with Crippen LogP contribution in [0.5, 0.6) is 0 Å². The molecule has 0 amide bonds. The van der Waals surface area contributed by atoms with Crippen molar-refractivity contribution in [2.24, 2.45) is 0 Å². The molecule has 1 aromatic carbocycles. The van der Waals surface area contributed by atoms with Gasteiger partial charge in [-0.2, -0.15) is 8.42 Å². The first-order valence-corrected chi connectivity index (χ1v) is 10.8. The number of morpholine rings is 1. The van der Waals surface area contributed by atoms with Crippen LogP contribution in [0.1, 0.15) is 11.3 Å². The Morgan fingerprint density at radius 2 is 2.03 bits per heavy atom. The minimum absolute atomic E-state index is 0.117. The number of rotatable bonds is 5. The van der Waals surface area contributed by atoms with Crippen LogP contribution in [0.4, 0.5) is 8.78 Å². The molecule has 3 heterocycles. The van der Waals surface area contributed by atoms with Crippen LogP contribution in [-0.4, -0.2) is 50.7 Å². The number of ether oxygens (including phenoxy) is 1. The van der Waals surface area contributed by atoms with Crippen molar-refractivity contribution in [1.82, 2.24) is 14.7 Å². The SMILES string of the molecule is COS(=O)(=O)c1cc(F)c(-c2nc3cc(C)ccn3c2C[C@H]2CNCCO2)c(F)c1. The molecule has 1 N–H and O–H groups in total. The lowest BCUT2D eigenvalue weighted by Crippen LogP contribution is -2.39. The van der Waals surface area contributed by atoms with E-state index in [2.05, 4.69) is 14.5 Å². The molecular weight excluding hydrogens is 416 g/mol. The number of hydrogen-bond acceptors (Lipinski definition) is 6. The Kier molecular flexibility index (Phi) is 5.58. The van der Waals surface area contributed by atoms with Gasteiger partial charge in [-0.1, -0.05) is 0 Å². The molecule has 160 valence electrons. The number of halogens is 2. The van der Waals surface area contributed by atoms with Crippen molar-refractivity contribution in [3.8, 4) is 11.3 Å². The molecule has 1 fully saturated rings. The quantitative estimate of drug-likeness (QED) is 0.618. The second kappa shape index (κ2) is 8.03. The van der Waals surface area contributed by atoms with Gasteiger partial charge in [0.15, 0.2) is 0 Å². The first-order chi connectivity index (χ1) is 14.3. The Labute approximate surface area is 172 Å². The molecule has 1 atom stereocenters. The third-order valence-corrected chi connectivity index (χ3v) is 6.32. The smallest absolute Gasteiger partial charge is 0.296 e. The van der Waals surface area contributed by atoms with Crippen LogP contribution in [0.15, 0.2) is 35.4 Å². The predicted molar refractivity (Wildman–Crippen MR) is 106 cm³/mol. The molecule has 30 heavy (non-hydrogen) atoms. The second-order valence-electron chi connectivity index (χ2n) is 7.12. The molecule has 0 radical (unpaired) electrons. The Hall–Kier alpha value is -2.40. The van der Waals surface area contributed by atoms with Gasteiger partial charge in [0.25, 0.3) is 10.1 Å². The van der Waals surface area contributed by atoms with E-state index in [0.717, 1.165) is 31.4 Å². The number of aryl methyl sites for hydroxylation is 1. The van der Waals surface area contributed by atoms with Crippen molar-refractivity contribution in [3.63, 3.8) is 0 Å². The molecule has 4 rings (SSSR count). The number of imidazole rings is 1. The zero-order valence-electron chi connectivity index (χ0n) is 16.5. The second-order valence-corrected chi connectivity index (χ2v) is 8.84. The van der Waals surface area contributed by atoms with Gasteiger partial charge in [0, 0.05) is 25.7 Å². The minimum Gasteiger partial charge on any atom is -0.375 e. The Morgan fingerprint density at radius 1 is 1.30 bits per heavy atom. The van der Waals surface area contributed by atoms with Gasteiger partial charge in [0.2, 0.25) is 0 Å². The number of nitrogens with zero attached hydrogens (tertiary/aromatic N) is 2. The Bertz CT molecular complexity index is 1180. The number of pyridine rings is 1. The maximum Gasteiger partial charge on any atom is 0.296 e. The van der Waals surface area contributed by atoms with Gasteiger partial charge in [0.05, 0.1) is 41.7 Å². The fourth-order valence-electron chi connectivity index (χ4n) is 3.58. The highest BCUT2D eigenvalue weighted by Crippen LogP contribution is 2.32. The summed E-state index contributed by atoms with van der Waals surface area (Å²) in [5, 5.41) is 3.23. The van der Waals surface area contributed by atoms with Crippen molar-refractivity contribution >= 4 is 15.8 Å². The van der Waals surface area contributed by atoms with Crippen LogP contribution in [0.3, 0.4) is 0 Å². The summed E-state index contributed by atoms with van der Waals surface area (Å²) in [6.07, 6.45) is 1.99. The molecule has 0 bridgehead atoms. The lowest BCUT2D eigenvalue weighted by Gasteiger charge is -2.24. The van der Waals surface area contributed by atoms with Crippen LogP contribution in [-0.2, 0) is 25.5 Å². The summed E-state index contributed by atoms with van der Waals surface area (Å²) in [7, 11) is -3.31. The van der Waals surface area contributed by atoms with Crippen molar-refractivity contribution in [1.29, 1.82) is 0 Å². The largest absolute Gasteiger partial charge is 0.375 e. The fourth-order valence-corrected chi connectivity index (χ4v) is 4.26. The van der Waals surface area contributed by atoms with E-state index in [1.807, 2.05) is 19.1 Å². The predicted octanol–water partition coefficient (Wildman–Crippen LogP) is 2.45. The van der Waals surface area contributed by atoms with E-state index in [4.69, 9.17) is 4.74 Å². The molecular formula is C20H21F2N3O4S. The van der Waals surface area contributed by atoms with E-state index in [1.165, 1.54) is 0 Å². The van der Waals surface area contributed by atoms with Crippen LogP contribution >= 0.6 is 0 Å². The van der Waals surface area contributed by atoms with E-state index in [1.54, 1.807) is 10.6 Å². The third kappa shape index (κ3) is 3.83. The lowest BCUT2D eigenvalue weighted by atomic mass is 10.0. The fraction of sp³-hybridized carbons (Fsp3) is 0.350. The topological polar surface area (TPSA) is 81.9 Å². The molecule has 3 aromatic rings. The van der Waals surface area contributed by atoms with Crippen molar-refractivity contribution in [2.45, 2.75) is 24.3 Å². The average Bonchev–Trinajstić information content (AvgIpc) is 3.05. The summed E-state index contributed by atoms with van der Waals surface area (Å²) >= 11 is 0. The minimum atomic E-state index is -4.24. The summed E-state index contributed by atoms with van der Waals surface area (Å²) in [5.41, 5.74) is 1.80. The van der Waals surface area contributed by atoms with Gasteiger partial charge in [0.1, 0.15) is 17.3 Å². The number of fused-ring (bicyclic) bond motifs is 1. The Morgan fingerprint density at radius 3 is 2.67 bits per heavy atom. The number of nitrogens with one attached hydrogen (secondary N) is 1. The average molecular weight is 437 g/mol. The molecule has 0 saturated carbocycles. The maximum absolute atomic E-state index is 15.0. The number of aromatic nitrogens is 2. The molecule has 7 nitrogen and oxygen atoms in total.